The third-order valence-electron chi connectivity index (χ3n) is 5.20. The molecule has 0 bridgehead atoms. The molecule has 0 saturated carbocycles. The van der Waals surface area contributed by atoms with Crippen LogP contribution in [0.25, 0.3) is 11.3 Å². The number of fused-ring (bicyclic) bond motifs is 1. The van der Waals surface area contributed by atoms with Crippen LogP contribution in [0.3, 0.4) is 0 Å². The number of ether oxygens (including phenoxy) is 1. The van der Waals surface area contributed by atoms with Crippen molar-refractivity contribution in [1.29, 1.82) is 0 Å². The normalized spacial score (nSPS) is 15.7. The van der Waals surface area contributed by atoms with E-state index in [-0.39, 0.29) is 18.0 Å². The predicted octanol–water partition coefficient (Wildman–Crippen LogP) is 4.41. The fourth-order valence-electron chi connectivity index (χ4n) is 3.56. The summed E-state index contributed by atoms with van der Waals surface area (Å²) in [6.07, 6.45) is -4.73. The van der Waals surface area contributed by atoms with E-state index in [1.165, 1.54) is 16.8 Å². The van der Waals surface area contributed by atoms with Crippen LogP contribution in [0.2, 0.25) is 0 Å². The highest BCUT2D eigenvalue weighted by Gasteiger charge is 2.35. The summed E-state index contributed by atoms with van der Waals surface area (Å²) in [5, 5.41) is 9.73. The average molecular weight is 444 g/mol. The summed E-state index contributed by atoms with van der Waals surface area (Å²) in [6.45, 7) is 1.77. The zero-order valence-corrected chi connectivity index (χ0v) is 17.2. The zero-order chi connectivity index (χ0) is 23.0. The second-order valence-corrected chi connectivity index (χ2v) is 7.33. The molecule has 0 fully saturated rings. The van der Waals surface area contributed by atoms with E-state index in [9.17, 15) is 22.8 Å². The first-order valence-electron chi connectivity index (χ1n) is 9.69. The van der Waals surface area contributed by atoms with Crippen LogP contribution in [0.1, 0.15) is 23.6 Å². The van der Waals surface area contributed by atoms with Gasteiger partial charge >= 0.3 is 6.18 Å². The minimum atomic E-state index is -4.54. The summed E-state index contributed by atoms with van der Waals surface area (Å²) < 4.78 is 45.5. The molecule has 32 heavy (non-hydrogen) atoms. The fraction of sp³-hybridized carbons (Fsp3) is 0.227. The van der Waals surface area contributed by atoms with Gasteiger partial charge in [-0.25, -0.2) is 4.68 Å². The second-order valence-electron chi connectivity index (χ2n) is 7.33. The van der Waals surface area contributed by atoms with Crippen molar-refractivity contribution >= 4 is 23.3 Å². The molecule has 7 nitrogen and oxygen atoms in total. The molecular formula is C22H19F3N4O3. The first-order chi connectivity index (χ1) is 15.2. The van der Waals surface area contributed by atoms with Crippen molar-refractivity contribution in [3.05, 3.63) is 59.7 Å². The minimum Gasteiger partial charge on any atom is -0.497 e. The number of amides is 2. The number of carbonyl (C=O) groups is 2. The number of hydrogen-bond donors (Lipinski definition) is 2. The number of hydrogen-bond acceptors (Lipinski definition) is 4. The maximum atomic E-state index is 13.0. The minimum absolute atomic E-state index is 0.0170. The number of nitrogens with one attached hydrogen (secondary N) is 2. The molecule has 3 aromatic rings. The van der Waals surface area contributed by atoms with Gasteiger partial charge in [0.25, 0.3) is 0 Å². The van der Waals surface area contributed by atoms with Gasteiger partial charge in [0.1, 0.15) is 17.6 Å². The molecule has 1 aliphatic heterocycles. The van der Waals surface area contributed by atoms with Gasteiger partial charge in [-0.3, -0.25) is 9.59 Å². The number of carbonyl (C=O) groups excluding carboxylic acids is 2. The number of aromatic nitrogens is 2. The number of benzene rings is 2. The summed E-state index contributed by atoms with van der Waals surface area (Å²) in [4.78, 5) is 25.2. The molecule has 0 aliphatic carbocycles. The van der Waals surface area contributed by atoms with Crippen LogP contribution in [0.5, 0.6) is 5.75 Å². The molecule has 10 heteroatoms. The van der Waals surface area contributed by atoms with E-state index in [0.29, 0.717) is 22.8 Å². The molecule has 2 aromatic carbocycles. The molecule has 1 atom stereocenters. The molecule has 1 aliphatic rings. The van der Waals surface area contributed by atoms with Crippen LogP contribution in [0.15, 0.2) is 48.5 Å². The van der Waals surface area contributed by atoms with E-state index >= 15 is 0 Å². The topological polar surface area (TPSA) is 85.2 Å². The number of anilines is 2. The molecule has 2 heterocycles. The van der Waals surface area contributed by atoms with Gasteiger partial charge in [-0.05, 0) is 49.4 Å². The van der Waals surface area contributed by atoms with Crippen molar-refractivity contribution in [3.63, 3.8) is 0 Å². The Morgan fingerprint density at radius 2 is 1.94 bits per heavy atom. The second kappa shape index (κ2) is 8.03. The van der Waals surface area contributed by atoms with E-state index in [4.69, 9.17) is 4.74 Å². The van der Waals surface area contributed by atoms with Crippen molar-refractivity contribution in [1.82, 2.24) is 9.78 Å². The molecule has 2 amide bonds. The zero-order valence-electron chi connectivity index (χ0n) is 17.2. The van der Waals surface area contributed by atoms with Gasteiger partial charge in [-0.1, -0.05) is 6.07 Å². The first kappa shape index (κ1) is 21.4. The van der Waals surface area contributed by atoms with E-state index in [1.807, 2.05) is 0 Å². The Balaban J connectivity index is 1.65. The maximum absolute atomic E-state index is 13.0. The average Bonchev–Trinajstić information content (AvgIpc) is 3.09. The Bertz CT molecular complexity index is 1190. The summed E-state index contributed by atoms with van der Waals surface area (Å²) >= 11 is 0. The maximum Gasteiger partial charge on any atom is 0.416 e. The van der Waals surface area contributed by atoms with Gasteiger partial charge in [0.2, 0.25) is 11.8 Å². The molecule has 166 valence electrons. The van der Waals surface area contributed by atoms with Gasteiger partial charge in [-0.15, -0.1) is 0 Å². The van der Waals surface area contributed by atoms with Crippen LogP contribution in [0.4, 0.5) is 24.7 Å². The van der Waals surface area contributed by atoms with Crippen LogP contribution in [0, 0.1) is 6.92 Å². The third-order valence-corrected chi connectivity index (χ3v) is 5.20. The molecule has 4 rings (SSSR count). The Kier molecular flexibility index (Phi) is 5.37. The Labute approximate surface area is 181 Å². The van der Waals surface area contributed by atoms with Crippen molar-refractivity contribution in [2.75, 3.05) is 17.7 Å². The number of alkyl halides is 3. The van der Waals surface area contributed by atoms with E-state index in [1.54, 1.807) is 38.3 Å². The van der Waals surface area contributed by atoms with Crippen molar-refractivity contribution in [3.8, 4) is 17.0 Å². The SMILES string of the molecule is COc1ccc(-c2nn3c(c2C)NC(=O)CC3C(=O)Nc2cccc(C(F)(F)F)c2)cc1. The fourth-order valence-corrected chi connectivity index (χ4v) is 3.56. The molecule has 0 saturated heterocycles. The summed E-state index contributed by atoms with van der Waals surface area (Å²) in [6, 6.07) is 10.5. The van der Waals surface area contributed by atoms with Gasteiger partial charge in [0, 0.05) is 16.8 Å². The molecule has 0 radical (unpaired) electrons. The Hall–Kier alpha value is -3.82. The lowest BCUT2D eigenvalue weighted by Gasteiger charge is -2.24. The molecule has 1 unspecified atom stereocenters. The van der Waals surface area contributed by atoms with Crippen LogP contribution in [-0.2, 0) is 15.8 Å². The molecular weight excluding hydrogens is 425 g/mol. The highest BCUT2D eigenvalue weighted by Crippen LogP contribution is 2.35. The quantitative estimate of drug-likeness (QED) is 0.624. The third kappa shape index (κ3) is 4.03. The summed E-state index contributed by atoms with van der Waals surface area (Å²) in [7, 11) is 1.55. The number of halogens is 3. The highest BCUT2D eigenvalue weighted by molar-refractivity contribution is 6.02. The molecule has 1 aromatic heterocycles. The number of rotatable bonds is 4. The van der Waals surface area contributed by atoms with Crippen LogP contribution < -0.4 is 15.4 Å². The smallest absolute Gasteiger partial charge is 0.416 e. The molecule has 0 spiro atoms. The number of methoxy groups -OCH3 is 1. The largest absolute Gasteiger partial charge is 0.497 e. The van der Waals surface area contributed by atoms with Gasteiger partial charge in [0.15, 0.2) is 0 Å². The van der Waals surface area contributed by atoms with Crippen molar-refractivity contribution in [2.24, 2.45) is 0 Å². The van der Waals surface area contributed by atoms with Crippen molar-refractivity contribution < 1.29 is 27.5 Å². The lowest BCUT2D eigenvalue weighted by Crippen LogP contribution is -2.36. The van der Waals surface area contributed by atoms with Gasteiger partial charge in [-0.2, -0.15) is 18.3 Å². The predicted molar refractivity (Wildman–Crippen MR) is 111 cm³/mol. The first-order valence-corrected chi connectivity index (χ1v) is 9.69. The Morgan fingerprint density at radius 3 is 2.59 bits per heavy atom. The number of nitrogens with zero attached hydrogens (tertiary/aromatic N) is 2. The van der Waals surface area contributed by atoms with Gasteiger partial charge in [0.05, 0.1) is 24.8 Å². The van der Waals surface area contributed by atoms with E-state index in [0.717, 1.165) is 17.7 Å². The Morgan fingerprint density at radius 1 is 1.22 bits per heavy atom. The van der Waals surface area contributed by atoms with E-state index < -0.39 is 23.7 Å². The lowest BCUT2D eigenvalue weighted by atomic mass is 10.1. The van der Waals surface area contributed by atoms with Crippen molar-refractivity contribution in [2.45, 2.75) is 25.6 Å². The summed E-state index contributed by atoms with van der Waals surface area (Å²) in [5.74, 6) is 0.0217. The van der Waals surface area contributed by atoms with Crippen LogP contribution >= 0.6 is 0 Å². The monoisotopic (exact) mass is 444 g/mol. The highest BCUT2D eigenvalue weighted by atomic mass is 19.4. The lowest BCUT2D eigenvalue weighted by molar-refractivity contribution is -0.137. The summed E-state index contributed by atoms with van der Waals surface area (Å²) in [5.41, 5.74) is 1.10. The van der Waals surface area contributed by atoms with Crippen LogP contribution in [-0.4, -0.2) is 28.7 Å². The van der Waals surface area contributed by atoms with Gasteiger partial charge < -0.3 is 15.4 Å². The molecule has 2 N–H and O–H groups in total. The van der Waals surface area contributed by atoms with E-state index in [2.05, 4.69) is 15.7 Å². The standard InChI is InChI=1S/C22H19F3N4O3/c1-12-19(13-6-8-16(32-2)9-7-13)28-29-17(11-18(30)27-20(12)29)21(31)26-15-5-3-4-14(10-15)22(23,24)25/h3-10,17H,11H2,1-2H3,(H,26,31)(H,27,30).